The summed E-state index contributed by atoms with van der Waals surface area (Å²) in [5, 5.41) is 3.38. The first-order valence-electron chi connectivity index (χ1n) is 9.43. The van der Waals surface area contributed by atoms with Gasteiger partial charge in [0, 0.05) is 12.6 Å². The first kappa shape index (κ1) is 16.9. The third-order valence-electron chi connectivity index (χ3n) is 5.08. The second kappa shape index (κ2) is 7.79. The second-order valence-electron chi connectivity index (χ2n) is 6.79. The molecule has 1 N–H and O–H groups in total. The van der Waals surface area contributed by atoms with Crippen LogP contribution >= 0.6 is 0 Å². The minimum absolute atomic E-state index is 0.109. The molecule has 2 heterocycles. The van der Waals surface area contributed by atoms with Gasteiger partial charge < -0.3 is 10.1 Å². The van der Waals surface area contributed by atoms with Crippen LogP contribution in [-0.4, -0.2) is 28.8 Å². The number of aromatic nitrogens is 2. The van der Waals surface area contributed by atoms with Gasteiger partial charge in [-0.15, -0.1) is 0 Å². The first-order chi connectivity index (χ1) is 12.8. The lowest BCUT2D eigenvalue weighted by Gasteiger charge is -2.23. The molecule has 1 fully saturated rings. The van der Waals surface area contributed by atoms with Gasteiger partial charge in [-0.1, -0.05) is 30.3 Å². The number of piperidine rings is 1. The average molecular weight is 351 g/mol. The van der Waals surface area contributed by atoms with Gasteiger partial charge in [-0.2, -0.15) is 0 Å². The molecule has 0 atom stereocenters. The van der Waals surface area contributed by atoms with Gasteiger partial charge in [0.1, 0.15) is 5.75 Å². The number of hydrogen-bond acceptors (Lipinski definition) is 3. The number of imidazole rings is 1. The predicted octanol–water partition coefficient (Wildman–Crippen LogP) is 3.20. The van der Waals surface area contributed by atoms with E-state index in [1.165, 1.54) is 0 Å². The van der Waals surface area contributed by atoms with Crippen molar-refractivity contribution in [3.8, 4) is 5.75 Å². The highest BCUT2D eigenvalue weighted by Gasteiger charge is 2.21. The highest BCUT2D eigenvalue weighted by molar-refractivity contribution is 5.76. The Morgan fingerprint density at radius 1 is 0.962 bits per heavy atom. The van der Waals surface area contributed by atoms with Crippen molar-refractivity contribution in [3.63, 3.8) is 0 Å². The van der Waals surface area contributed by atoms with E-state index in [2.05, 4.69) is 11.4 Å². The van der Waals surface area contributed by atoms with Crippen molar-refractivity contribution in [2.24, 2.45) is 0 Å². The first-order valence-corrected chi connectivity index (χ1v) is 9.43. The Kier molecular flexibility index (Phi) is 5.07. The predicted molar refractivity (Wildman–Crippen MR) is 104 cm³/mol. The van der Waals surface area contributed by atoms with E-state index < -0.39 is 0 Å². The molecular formula is C21H25N3O2. The zero-order valence-electron chi connectivity index (χ0n) is 14.9. The van der Waals surface area contributed by atoms with Crippen molar-refractivity contribution in [2.45, 2.75) is 31.8 Å². The lowest BCUT2D eigenvalue weighted by atomic mass is 10.1. The van der Waals surface area contributed by atoms with Gasteiger partial charge in [0.05, 0.1) is 17.6 Å². The fraction of sp³-hybridized carbons (Fsp3) is 0.381. The number of ether oxygens (including phenoxy) is 1. The standard InChI is InChI=1S/C21H25N3O2/c25-21-23(15-6-16-26-18-7-2-1-3-8-18)19-9-4-5-10-20(19)24(21)17-11-13-22-14-12-17/h1-5,7-10,17,22H,6,11-16H2. The van der Waals surface area contributed by atoms with Crippen molar-refractivity contribution < 1.29 is 4.74 Å². The quantitative estimate of drug-likeness (QED) is 0.694. The normalized spacial score (nSPS) is 15.4. The Balaban J connectivity index is 1.53. The van der Waals surface area contributed by atoms with Crippen LogP contribution in [0.3, 0.4) is 0 Å². The molecule has 4 rings (SSSR count). The van der Waals surface area contributed by atoms with Gasteiger partial charge in [-0.3, -0.25) is 9.13 Å². The summed E-state index contributed by atoms with van der Waals surface area (Å²) in [6.45, 7) is 3.22. The van der Waals surface area contributed by atoms with Crippen LogP contribution in [0, 0.1) is 0 Å². The Morgan fingerprint density at radius 3 is 2.42 bits per heavy atom. The van der Waals surface area contributed by atoms with Crippen molar-refractivity contribution >= 4 is 11.0 Å². The summed E-state index contributed by atoms with van der Waals surface area (Å²) in [7, 11) is 0. The number of para-hydroxylation sites is 3. The van der Waals surface area contributed by atoms with Crippen LogP contribution in [0.25, 0.3) is 11.0 Å². The van der Waals surface area contributed by atoms with E-state index in [-0.39, 0.29) is 11.7 Å². The third kappa shape index (κ3) is 3.40. The van der Waals surface area contributed by atoms with Gasteiger partial charge in [0.2, 0.25) is 0 Å². The largest absolute Gasteiger partial charge is 0.494 e. The molecule has 1 aliphatic rings. The molecule has 0 aliphatic carbocycles. The minimum Gasteiger partial charge on any atom is -0.494 e. The summed E-state index contributed by atoms with van der Waals surface area (Å²) in [6, 6.07) is 18.2. The number of hydrogen-bond donors (Lipinski definition) is 1. The summed E-state index contributed by atoms with van der Waals surface area (Å²) in [4.78, 5) is 13.1. The molecule has 0 unspecified atom stereocenters. The van der Waals surface area contributed by atoms with Crippen LogP contribution in [0.15, 0.2) is 59.4 Å². The van der Waals surface area contributed by atoms with Crippen LogP contribution in [0.4, 0.5) is 0 Å². The van der Waals surface area contributed by atoms with E-state index in [4.69, 9.17) is 4.74 Å². The van der Waals surface area contributed by atoms with E-state index in [1.807, 2.05) is 57.7 Å². The molecular weight excluding hydrogens is 326 g/mol. The van der Waals surface area contributed by atoms with E-state index in [9.17, 15) is 4.79 Å². The van der Waals surface area contributed by atoms with Crippen molar-refractivity contribution in [1.29, 1.82) is 0 Å². The molecule has 2 aromatic carbocycles. The van der Waals surface area contributed by atoms with Gasteiger partial charge in [0.25, 0.3) is 0 Å². The summed E-state index contributed by atoms with van der Waals surface area (Å²) >= 11 is 0. The fourth-order valence-corrected chi connectivity index (χ4v) is 3.80. The number of nitrogens with one attached hydrogen (secondary N) is 1. The molecule has 26 heavy (non-hydrogen) atoms. The Labute approximate surface area is 153 Å². The Morgan fingerprint density at radius 2 is 1.65 bits per heavy atom. The maximum absolute atomic E-state index is 13.1. The maximum Gasteiger partial charge on any atom is 0.329 e. The molecule has 0 bridgehead atoms. The van der Waals surface area contributed by atoms with Gasteiger partial charge >= 0.3 is 5.69 Å². The number of nitrogens with zero attached hydrogens (tertiary/aromatic N) is 2. The molecule has 5 nitrogen and oxygen atoms in total. The van der Waals surface area contributed by atoms with Crippen LogP contribution < -0.4 is 15.7 Å². The summed E-state index contributed by atoms with van der Waals surface area (Å²) in [5.74, 6) is 0.872. The van der Waals surface area contributed by atoms with Gasteiger partial charge in [-0.05, 0) is 56.6 Å². The molecule has 0 amide bonds. The van der Waals surface area contributed by atoms with Crippen molar-refractivity contribution in [1.82, 2.24) is 14.5 Å². The molecule has 0 spiro atoms. The molecule has 5 heteroatoms. The van der Waals surface area contributed by atoms with Gasteiger partial charge in [0.15, 0.2) is 0 Å². The average Bonchev–Trinajstić information content (AvgIpc) is 2.98. The van der Waals surface area contributed by atoms with Crippen LogP contribution in [0.1, 0.15) is 25.3 Å². The lowest BCUT2D eigenvalue weighted by molar-refractivity contribution is 0.300. The van der Waals surface area contributed by atoms with E-state index in [1.54, 1.807) is 0 Å². The monoisotopic (exact) mass is 351 g/mol. The fourth-order valence-electron chi connectivity index (χ4n) is 3.80. The number of benzene rings is 2. The highest BCUT2D eigenvalue weighted by Crippen LogP contribution is 2.23. The molecule has 3 aromatic rings. The van der Waals surface area contributed by atoms with Crippen LogP contribution in [0.2, 0.25) is 0 Å². The third-order valence-corrected chi connectivity index (χ3v) is 5.08. The molecule has 0 saturated carbocycles. The van der Waals surface area contributed by atoms with Crippen molar-refractivity contribution in [3.05, 3.63) is 65.1 Å². The zero-order valence-corrected chi connectivity index (χ0v) is 14.9. The second-order valence-corrected chi connectivity index (χ2v) is 6.79. The number of fused-ring (bicyclic) bond motifs is 1. The number of rotatable bonds is 6. The molecule has 1 aliphatic heterocycles. The van der Waals surface area contributed by atoms with Crippen LogP contribution in [0.5, 0.6) is 5.75 Å². The summed E-state index contributed by atoms with van der Waals surface area (Å²) in [5.41, 5.74) is 2.18. The van der Waals surface area contributed by atoms with Gasteiger partial charge in [-0.25, -0.2) is 4.79 Å². The summed E-state index contributed by atoms with van der Waals surface area (Å²) in [6.07, 6.45) is 2.81. The van der Waals surface area contributed by atoms with E-state index in [0.717, 1.165) is 49.1 Å². The van der Waals surface area contributed by atoms with E-state index >= 15 is 0 Å². The molecule has 136 valence electrons. The SMILES string of the molecule is O=c1n(CCCOc2ccccc2)c2ccccc2n1C1CCNCC1. The zero-order chi connectivity index (χ0) is 17.8. The molecule has 0 radical (unpaired) electrons. The smallest absolute Gasteiger partial charge is 0.329 e. The lowest BCUT2D eigenvalue weighted by Crippen LogP contribution is -2.35. The maximum atomic E-state index is 13.1. The molecule has 1 saturated heterocycles. The Bertz CT molecular complexity index is 908. The minimum atomic E-state index is 0.109. The van der Waals surface area contributed by atoms with Crippen molar-refractivity contribution in [2.75, 3.05) is 19.7 Å². The highest BCUT2D eigenvalue weighted by atomic mass is 16.5. The Hall–Kier alpha value is -2.53. The number of aryl methyl sites for hydroxylation is 1. The summed E-state index contributed by atoms with van der Waals surface area (Å²) < 4.78 is 9.69. The molecule has 1 aromatic heterocycles. The van der Waals surface area contributed by atoms with E-state index in [0.29, 0.717) is 13.2 Å². The topological polar surface area (TPSA) is 48.2 Å². The van der Waals surface area contributed by atoms with Crippen LogP contribution in [-0.2, 0) is 6.54 Å².